The molecule has 2 nitrogen and oxygen atoms in total. The van der Waals surface area contributed by atoms with Gasteiger partial charge in [0.1, 0.15) is 12.4 Å². The van der Waals surface area contributed by atoms with Gasteiger partial charge in [0.25, 0.3) is 0 Å². The van der Waals surface area contributed by atoms with Crippen LogP contribution in [0.25, 0.3) is 0 Å². The second kappa shape index (κ2) is 11.7. The molecule has 0 saturated heterocycles. The average molecular weight is 502 g/mol. The summed E-state index contributed by atoms with van der Waals surface area (Å²) in [6, 6.07) is 21.9. The monoisotopic (exact) mass is 499 g/mol. The smallest absolute Gasteiger partial charge is 0.124 e. The van der Waals surface area contributed by atoms with Crippen molar-refractivity contribution in [1.82, 2.24) is 5.32 Å². The number of hydrogen-bond acceptors (Lipinski definition) is 2. The van der Waals surface area contributed by atoms with E-state index >= 15 is 0 Å². The van der Waals surface area contributed by atoms with Gasteiger partial charge in [-0.1, -0.05) is 75.5 Å². The topological polar surface area (TPSA) is 21.3 Å². The van der Waals surface area contributed by atoms with Gasteiger partial charge in [0, 0.05) is 26.6 Å². The van der Waals surface area contributed by atoms with Crippen molar-refractivity contribution < 1.29 is 4.74 Å². The van der Waals surface area contributed by atoms with E-state index in [1.807, 2.05) is 42.5 Å². The molecule has 0 aliphatic carbocycles. The van der Waals surface area contributed by atoms with Gasteiger partial charge in [0.2, 0.25) is 0 Å². The molecule has 0 aliphatic rings. The van der Waals surface area contributed by atoms with Crippen LogP contribution in [0, 0.1) is 0 Å². The highest BCUT2D eigenvalue weighted by Crippen LogP contribution is 2.25. The Kier molecular flexibility index (Phi) is 9.63. The Bertz CT molecular complexity index is 890. The molecular weight excluding hydrogens is 481 g/mol. The minimum atomic E-state index is 0. The second-order valence-electron chi connectivity index (χ2n) is 6.19. The molecule has 1 N–H and O–H groups in total. The van der Waals surface area contributed by atoms with Crippen LogP contribution >= 0.6 is 51.5 Å². The first-order valence-corrected chi connectivity index (χ1v) is 10.3. The van der Waals surface area contributed by atoms with Gasteiger partial charge in [-0.15, -0.1) is 12.4 Å². The predicted octanol–water partition coefficient (Wildman–Crippen LogP) is 7.09. The Morgan fingerprint density at radius 1 is 0.893 bits per heavy atom. The maximum atomic E-state index is 6.23. The maximum Gasteiger partial charge on any atom is 0.124 e. The minimum Gasteiger partial charge on any atom is -0.489 e. The molecule has 28 heavy (non-hydrogen) atoms. The van der Waals surface area contributed by atoms with E-state index in [-0.39, 0.29) is 12.4 Å². The Morgan fingerprint density at radius 2 is 1.68 bits per heavy atom. The summed E-state index contributed by atoms with van der Waals surface area (Å²) in [6.45, 7) is 2.08. The molecule has 0 heterocycles. The lowest BCUT2D eigenvalue weighted by Gasteiger charge is -2.13. The highest BCUT2D eigenvalue weighted by atomic mass is 79.9. The first-order chi connectivity index (χ1) is 13.1. The molecule has 3 rings (SSSR count). The van der Waals surface area contributed by atoms with Gasteiger partial charge in [-0.05, 0) is 54.4 Å². The number of ether oxygens (including phenoxy) is 1. The fraction of sp³-hybridized carbons (Fsp3) is 0.182. The number of hydrogen-bond donors (Lipinski definition) is 1. The summed E-state index contributed by atoms with van der Waals surface area (Å²) in [5.74, 6) is 0.888. The zero-order valence-electron chi connectivity index (χ0n) is 15.1. The SMILES string of the molecule is Cl.Clc1ccc(CCNCc2cc(Br)ccc2OCc2ccccc2)c(Cl)c1. The maximum absolute atomic E-state index is 6.23. The molecule has 0 atom stereocenters. The lowest BCUT2D eigenvalue weighted by atomic mass is 10.1. The van der Waals surface area contributed by atoms with Crippen molar-refractivity contribution in [2.45, 2.75) is 19.6 Å². The number of rotatable bonds is 8. The fourth-order valence-corrected chi connectivity index (χ4v) is 3.64. The number of nitrogens with one attached hydrogen (secondary N) is 1. The van der Waals surface area contributed by atoms with Gasteiger partial charge in [-0.3, -0.25) is 0 Å². The zero-order chi connectivity index (χ0) is 19.1. The van der Waals surface area contributed by atoms with E-state index in [4.69, 9.17) is 27.9 Å². The third-order valence-electron chi connectivity index (χ3n) is 4.16. The van der Waals surface area contributed by atoms with E-state index in [2.05, 4.69) is 39.4 Å². The van der Waals surface area contributed by atoms with Crippen molar-refractivity contribution in [2.24, 2.45) is 0 Å². The van der Waals surface area contributed by atoms with E-state index in [1.165, 1.54) is 0 Å². The van der Waals surface area contributed by atoms with Crippen molar-refractivity contribution >= 4 is 51.5 Å². The van der Waals surface area contributed by atoms with E-state index in [1.54, 1.807) is 6.07 Å². The van der Waals surface area contributed by atoms with Crippen LogP contribution in [0.1, 0.15) is 16.7 Å². The molecule has 6 heteroatoms. The van der Waals surface area contributed by atoms with Crippen LogP contribution in [0.5, 0.6) is 5.75 Å². The normalized spacial score (nSPS) is 10.4. The van der Waals surface area contributed by atoms with Crippen LogP contribution in [-0.2, 0) is 19.6 Å². The highest BCUT2D eigenvalue weighted by Gasteiger charge is 2.06. The van der Waals surface area contributed by atoms with Crippen molar-refractivity contribution in [1.29, 1.82) is 0 Å². The first kappa shape index (κ1) is 23.1. The third kappa shape index (κ3) is 6.98. The van der Waals surface area contributed by atoms with Gasteiger partial charge in [-0.2, -0.15) is 0 Å². The molecule has 0 spiro atoms. The molecule has 3 aromatic rings. The zero-order valence-corrected chi connectivity index (χ0v) is 19.0. The first-order valence-electron chi connectivity index (χ1n) is 8.71. The van der Waals surface area contributed by atoms with Crippen LogP contribution in [0.3, 0.4) is 0 Å². The number of halogens is 4. The van der Waals surface area contributed by atoms with Crippen molar-refractivity contribution in [3.05, 3.63) is 97.9 Å². The molecule has 3 aromatic carbocycles. The van der Waals surface area contributed by atoms with Gasteiger partial charge >= 0.3 is 0 Å². The van der Waals surface area contributed by atoms with Crippen LogP contribution < -0.4 is 10.1 Å². The average Bonchev–Trinajstić information content (AvgIpc) is 2.67. The number of benzene rings is 3. The summed E-state index contributed by atoms with van der Waals surface area (Å²) in [7, 11) is 0. The predicted molar refractivity (Wildman–Crippen MR) is 124 cm³/mol. The molecule has 0 aromatic heterocycles. The summed E-state index contributed by atoms with van der Waals surface area (Å²) in [4.78, 5) is 0. The Hall–Kier alpha value is -1.23. The quantitative estimate of drug-likeness (QED) is 0.333. The van der Waals surface area contributed by atoms with Gasteiger partial charge in [-0.25, -0.2) is 0 Å². The molecule has 0 aliphatic heterocycles. The van der Waals surface area contributed by atoms with E-state index in [0.717, 1.165) is 46.4 Å². The van der Waals surface area contributed by atoms with Crippen LogP contribution in [0.15, 0.2) is 71.2 Å². The fourth-order valence-electron chi connectivity index (χ4n) is 2.73. The van der Waals surface area contributed by atoms with Gasteiger partial charge < -0.3 is 10.1 Å². The molecular formula is C22H21BrCl3NO. The molecule has 0 amide bonds. The third-order valence-corrected chi connectivity index (χ3v) is 5.24. The summed E-state index contributed by atoms with van der Waals surface area (Å²) in [6.07, 6.45) is 0.838. The van der Waals surface area contributed by atoms with Crippen LogP contribution in [0.4, 0.5) is 0 Å². The van der Waals surface area contributed by atoms with Crippen LogP contribution in [-0.4, -0.2) is 6.54 Å². The molecule has 148 valence electrons. The van der Waals surface area contributed by atoms with E-state index in [9.17, 15) is 0 Å². The van der Waals surface area contributed by atoms with Crippen LogP contribution in [0.2, 0.25) is 10.0 Å². The lowest BCUT2D eigenvalue weighted by Crippen LogP contribution is -2.17. The largest absolute Gasteiger partial charge is 0.489 e. The standard InChI is InChI=1S/C22H20BrCl2NO.ClH/c23-19-7-9-22(27-15-16-4-2-1-3-5-16)18(12-19)14-26-11-10-17-6-8-20(24)13-21(17)25;/h1-9,12-13,26H,10-11,14-15H2;1H. The van der Waals surface area contributed by atoms with E-state index in [0.29, 0.717) is 16.7 Å². The molecule has 0 bridgehead atoms. The molecule has 0 saturated carbocycles. The van der Waals surface area contributed by atoms with Crippen molar-refractivity contribution in [3.8, 4) is 5.75 Å². The summed E-state index contributed by atoms with van der Waals surface area (Å²) in [5.41, 5.74) is 3.35. The molecule has 0 unspecified atom stereocenters. The van der Waals surface area contributed by atoms with Crippen molar-refractivity contribution in [3.63, 3.8) is 0 Å². The minimum absolute atomic E-state index is 0. The Labute approximate surface area is 190 Å². The Morgan fingerprint density at radius 3 is 2.43 bits per heavy atom. The van der Waals surface area contributed by atoms with Gasteiger partial charge in [0.15, 0.2) is 0 Å². The highest BCUT2D eigenvalue weighted by molar-refractivity contribution is 9.10. The Balaban J connectivity index is 0.00000280. The second-order valence-corrected chi connectivity index (χ2v) is 7.95. The summed E-state index contributed by atoms with van der Waals surface area (Å²) < 4.78 is 7.06. The molecule has 0 fully saturated rings. The van der Waals surface area contributed by atoms with E-state index < -0.39 is 0 Å². The summed E-state index contributed by atoms with van der Waals surface area (Å²) in [5, 5.41) is 4.83. The van der Waals surface area contributed by atoms with Gasteiger partial charge in [0.05, 0.1) is 0 Å². The van der Waals surface area contributed by atoms with Crippen molar-refractivity contribution in [2.75, 3.05) is 6.54 Å². The lowest BCUT2D eigenvalue weighted by molar-refractivity contribution is 0.302. The molecule has 0 radical (unpaired) electrons. The summed E-state index contributed by atoms with van der Waals surface area (Å²) >= 11 is 15.7.